The lowest BCUT2D eigenvalue weighted by molar-refractivity contribution is -0.385. The van der Waals surface area contributed by atoms with Gasteiger partial charge in [-0.3, -0.25) is 10.1 Å². The van der Waals surface area contributed by atoms with Crippen molar-refractivity contribution in [3.05, 3.63) is 27.9 Å². The first kappa shape index (κ1) is 14.7. The molecule has 1 atom stereocenters. The van der Waals surface area contributed by atoms with E-state index in [1.54, 1.807) is 13.0 Å². The van der Waals surface area contributed by atoms with E-state index in [9.17, 15) is 10.1 Å². The van der Waals surface area contributed by atoms with Crippen LogP contribution in [0.2, 0.25) is 0 Å². The number of rotatable bonds is 5. The monoisotopic (exact) mass is 278 g/mol. The Morgan fingerprint density at radius 2 is 2.10 bits per heavy atom. The smallest absolute Gasteiger partial charge is 0.290 e. The van der Waals surface area contributed by atoms with Crippen LogP contribution in [0.5, 0.6) is 0 Å². The van der Waals surface area contributed by atoms with Gasteiger partial charge in [0.15, 0.2) is 0 Å². The van der Waals surface area contributed by atoms with E-state index in [2.05, 4.69) is 22.1 Å². The maximum absolute atomic E-state index is 10.8. The van der Waals surface area contributed by atoms with Crippen LogP contribution in [0.4, 0.5) is 11.5 Å². The third kappa shape index (κ3) is 3.90. The Balaban J connectivity index is 1.92. The molecule has 0 amide bonds. The van der Waals surface area contributed by atoms with Gasteiger partial charge in [0.2, 0.25) is 0 Å². The second-order valence-corrected chi connectivity index (χ2v) is 5.46. The van der Waals surface area contributed by atoms with E-state index in [1.807, 2.05) is 0 Å². The van der Waals surface area contributed by atoms with Crippen molar-refractivity contribution in [1.29, 1.82) is 0 Å². The number of hydrogen-bond acceptors (Lipinski definition) is 5. The Morgan fingerprint density at radius 3 is 2.70 bits per heavy atom. The maximum Gasteiger partial charge on any atom is 0.290 e. The van der Waals surface area contributed by atoms with Crippen molar-refractivity contribution in [2.24, 2.45) is 0 Å². The lowest BCUT2D eigenvalue weighted by Gasteiger charge is -2.29. The molecule has 110 valence electrons. The van der Waals surface area contributed by atoms with Crippen molar-refractivity contribution in [1.82, 2.24) is 9.88 Å². The number of nitrogens with one attached hydrogen (secondary N) is 1. The van der Waals surface area contributed by atoms with Crippen LogP contribution in [0.1, 0.15) is 31.9 Å². The van der Waals surface area contributed by atoms with Gasteiger partial charge in [0, 0.05) is 18.7 Å². The molecule has 0 spiro atoms. The lowest BCUT2D eigenvalue weighted by atomic mass is 10.1. The first-order valence-electron chi connectivity index (χ1n) is 7.17. The topological polar surface area (TPSA) is 71.3 Å². The van der Waals surface area contributed by atoms with Crippen molar-refractivity contribution in [3.8, 4) is 0 Å². The summed E-state index contributed by atoms with van der Waals surface area (Å²) in [5, 5.41) is 14.1. The highest BCUT2D eigenvalue weighted by molar-refractivity contribution is 5.45. The van der Waals surface area contributed by atoms with E-state index < -0.39 is 4.92 Å². The fraction of sp³-hybridized carbons (Fsp3) is 0.643. The zero-order valence-electron chi connectivity index (χ0n) is 12.1. The highest BCUT2D eigenvalue weighted by atomic mass is 16.6. The summed E-state index contributed by atoms with van der Waals surface area (Å²) < 4.78 is 0. The third-order valence-corrected chi connectivity index (χ3v) is 3.63. The zero-order chi connectivity index (χ0) is 14.5. The van der Waals surface area contributed by atoms with Crippen LogP contribution in [0, 0.1) is 17.0 Å². The SMILES string of the molecule is Cc1nc(NC(C)CN2CCCCC2)ccc1[N+](=O)[O-]. The van der Waals surface area contributed by atoms with Crippen LogP contribution in [0.15, 0.2) is 12.1 Å². The van der Waals surface area contributed by atoms with E-state index in [-0.39, 0.29) is 11.7 Å². The van der Waals surface area contributed by atoms with E-state index >= 15 is 0 Å². The van der Waals surface area contributed by atoms with Gasteiger partial charge in [-0.1, -0.05) is 6.42 Å². The zero-order valence-corrected chi connectivity index (χ0v) is 12.1. The number of pyridine rings is 1. The van der Waals surface area contributed by atoms with Gasteiger partial charge in [-0.05, 0) is 45.8 Å². The summed E-state index contributed by atoms with van der Waals surface area (Å²) >= 11 is 0. The number of anilines is 1. The molecule has 20 heavy (non-hydrogen) atoms. The molecule has 0 radical (unpaired) electrons. The van der Waals surface area contributed by atoms with Gasteiger partial charge in [0.05, 0.1) is 4.92 Å². The average Bonchev–Trinajstić information content (AvgIpc) is 2.39. The summed E-state index contributed by atoms with van der Waals surface area (Å²) in [5.41, 5.74) is 0.518. The van der Waals surface area contributed by atoms with E-state index in [4.69, 9.17) is 0 Å². The molecule has 2 rings (SSSR count). The molecule has 1 aliphatic rings. The van der Waals surface area contributed by atoms with E-state index in [0.29, 0.717) is 11.5 Å². The molecule has 1 unspecified atom stereocenters. The van der Waals surface area contributed by atoms with Crippen LogP contribution in [-0.2, 0) is 0 Å². The second-order valence-electron chi connectivity index (χ2n) is 5.46. The van der Waals surface area contributed by atoms with Crippen LogP contribution in [0.3, 0.4) is 0 Å². The summed E-state index contributed by atoms with van der Waals surface area (Å²) in [5.74, 6) is 0.706. The van der Waals surface area contributed by atoms with Gasteiger partial charge >= 0.3 is 0 Å². The van der Waals surface area contributed by atoms with Crippen molar-refractivity contribution < 1.29 is 4.92 Å². The normalized spacial score (nSPS) is 17.7. The fourth-order valence-corrected chi connectivity index (χ4v) is 2.65. The molecular formula is C14H22N4O2. The van der Waals surface area contributed by atoms with Crippen LogP contribution in [0.25, 0.3) is 0 Å². The van der Waals surface area contributed by atoms with Crippen molar-refractivity contribution in [3.63, 3.8) is 0 Å². The first-order valence-corrected chi connectivity index (χ1v) is 7.17. The third-order valence-electron chi connectivity index (χ3n) is 3.63. The van der Waals surface area contributed by atoms with Gasteiger partial charge in [-0.15, -0.1) is 0 Å². The Bertz CT molecular complexity index is 472. The average molecular weight is 278 g/mol. The molecule has 6 heteroatoms. The molecule has 0 aliphatic carbocycles. The molecule has 1 saturated heterocycles. The second kappa shape index (κ2) is 6.65. The Labute approximate surface area is 119 Å². The number of piperidine rings is 1. The molecule has 1 aliphatic heterocycles. The van der Waals surface area contributed by atoms with Gasteiger partial charge in [0.25, 0.3) is 5.69 Å². The van der Waals surface area contributed by atoms with Crippen LogP contribution >= 0.6 is 0 Å². The summed E-state index contributed by atoms with van der Waals surface area (Å²) in [6.45, 7) is 7.10. The number of likely N-dealkylation sites (tertiary alicyclic amines) is 1. The molecule has 0 aromatic carbocycles. The molecular weight excluding hydrogens is 256 g/mol. The molecule has 2 heterocycles. The predicted octanol–water partition coefficient (Wildman–Crippen LogP) is 2.58. The molecule has 1 aromatic rings. The minimum absolute atomic E-state index is 0.0687. The summed E-state index contributed by atoms with van der Waals surface area (Å²) in [4.78, 5) is 17.1. The standard InChI is InChI=1S/C14H22N4O2/c1-11(10-17-8-4-3-5-9-17)15-14-7-6-13(18(19)20)12(2)16-14/h6-7,11H,3-5,8-10H2,1-2H3,(H,15,16). The number of nitrogens with zero attached hydrogens (tertiary/aromatic N) is 3. The first-order chi connectivity index (χ1) is 9.56. The van der Waals surface area contributed by atoms with E-state index in [0.717, 1.165) is 6.54 Å². The summed E-state index contributed by atoms with van der Waals surface area (Å²) in [6, 6.07) is 3.47. The minimum atomic E-state index is -0.400. The minimum Gasteiger partial charge on any atom is -0.366 e. The van der Waals surface area contributed by atoms with Crippen LogP contribution in [-0.4, -0.2) is 40.5 Å². The number of aromatic nitrogens is 1. The van der Waals surface area contributed by atoms with Crippen molar-refractivity contribution >= 4 is 11.5 Å². The molecule has 1 fully saturated rings. The van der Waals surface area contributed by atoms with E-state index in [1.165, 1.54) is 38.4 Å². The van der Waals surface area contributed by atoms with Gasteiger partial charge < -0.3 is 10.2 Å². The maximum atomic E-state index is 10.8. The molecule has 0 saturated carbocycles. The molecule has 1 N–H and O–H groups in total. The Kier molecular flexibility index (Phi) is 4.89. The van der Waals surface area contributed by atoms with Gasteiger partial charge in [-0.2, -0.15) is 0 Å². The van der Waals surface area contributed by atoms with Gasteiger partial charge in [-0.25, -0.2) is 4.98 Å². The molecule has 6 nitrogen and oxygen atoms in total. The molecule has 1 aromatic heterocycles. The predicted molar refractivity (Wildman–Crippen MR) is 79.0 cm³/mol. The van der Waals surface area contributed by atoms with Gasteiger partial charge in [0.1, 0.15) is 11.5 Å². The van der Waals surface area contributed by atoms with Crippen molar-refractivity contribution in [2.45, 2.75) is 39.2 Å². The highest BCUT2D eigenvalue weighted by Gasteiger charge is 2.15. The van der Waals surface area contributed by atoms with Crippen LogP contribution < -0.4 is 5.32 Å². The lowest BCUT2D eigenvalue weighted by Crippen LogP contribution is -2.38. The highest BCUT2D eigenvalue weighted by Crippen LogP contribution is 2.18. The van der Waals surface area contributed by atoms with Crippen molar-refractivity contribution in [2.75, 3.05) is 25.0 Å². The summed E-state index contributed by atoms with van der Waals surface area (Å²) in [7, 11) is 0. The fourth-order valence-electron chi connectivity index (χ4n) is 2.65. The number of hydrogen-bond donors (Lipinski definition) is 1. The number of aryl methyl sites for hydroxylation is 1. The summed E-state index contributed by atoms with van der Waals surface area (Å²) in [6.07, 6.45) is 3.89. The molecule has 0 bridgehead atoms. The number of nitro groups is 1. The Hall–Kier alpha value is -1.69. The Morgan fingerprint density at radius 1 is 1.40 bits per heavy atom. The largest absolute Gasteiger partial charge is 0.366 e. The quantitative estimate of drug-likeness (QED) is 0.662.